The van der Waals surface area contributed by atoms with E-state index in [2.05, 4.69) is 15.3 Å². The standard InChI is InChI=1S/C7H9N5OS/c1-12-5(8)4(6(11-12)13-2)7-10-9-3-14-7/h3H,8H2,1-2H3. The number of hydrogen-bond donors (Lipinski definition) is 1. The second-order valence-corrected chi connectivity index (χ2v) is 3.47. The summed E-state index contributed by atoms with van der Waals surface area (Å²) in [5.74, 6) is 1.00. The third-order valence-corrected chi connectivity index (χ3v) is 2.54. The monoisotopic (exact) mass is 211 g/mol. The molecule has 2 rings (SSSR count). The van der Waals surface area contributed by atoms with Gasteiger partial charge in [0.25, 0.3) is 0 Å². The van der Waals surface area contributed by atoms with Crippen LogP contribution in [0, 0.1) is 0 Å². The summed E-state index contributed by atoms with van der Waals surface area (Å²) in [5, 5.41) is 12.5. The van der Waals surface area contributed by atoms with Crippen LogP contribution in [-0.2, 0) is 7.05 Å². The highest BCUT2D eigenvalue weighted by Crippen LogP contribution is 2.34. The van der Waals surface area contributed by atoms with Gasteiger partial charge in [0.2, 0.25) is 5.88 Å². The summed E-state index contributed by atoms with van der Waals surface area (Å²) in [4.78, 5) is 0. The van der Waals surface area contributed by atoms with Crippen molar-refractivity contribution in [2.24, 2.45) is 7.05 Å². The molecule has 2 N–H and O–H groups in total. The second-order valence-electron chi connectivity index (χ2n) is 2.64. The molecule has 0 fully saturated rings. The predicted octanol–water partition coefficient (Wildman–Crippen LogP) is 0.529. The van der Waals surface area contributed by atoms with Gasteiger partial charge in [-0.3, -0.25) is 0 Å². The maximum atomic E-state index is 5.83. The van der Waals surface area contributed by atoms with E-state index < -0.39 is 0 Å². The van der Waals surface area contributed by atoms with Gasteiger partial charge in [0.05, 0.1) is 7.11 Å². The zero-order valence-electron chi connectivity index (χ0n) is 7.76. The largest absolute Gasteiger partial charge is 0.479 e. The number of rotatable bonds is 2. The summed E-state index contributed by atoms with van der Waals surface area (Å²) in [6.07, 6.45) is 0. The fourth-order valence-electron chi connectivity index (χ4n) is 1.14. The zero-order valence-corrected chi connectivity index (χ0v) is 8.58. The van der Waals surface area contributed by atoms with Gasteiger partial charge in [0.15, 0.2) is 5.01 Å². The number of nitrogens with two attached hydrogens (primary N) is 1. The Hall–Kier alpha value is -1.63. The van der Waals surface area contributed by atoms with E-state index in [0.717, 1.165) is 0 Å². The molecular formula is C7H9N5OS. The van der Waals surface area contributed by atoms with Crippen molar-refractivity contribution in [3.8, 4) is 16.5 Å². The summed E-state index contributed by atoms with van der Waals surface area (Å²) < 4.78 is 6.65. The van der Waals surface area contributed by atoms with Crippen molar-refractivity contribution in [3.05, 3.63) is 5.51 Å². The average Bonchev–Trinajstić information content (AvgIpc) is 2.76. The number of aromatic nitrogens is 4. The Morgan fingerprint density at radius 1 is 1.57 bits per heavy atom. The van der Waals surface area contributed by atoms with Gasteiger partial charge in [-0.2, -0.15) is 0 Å². The van der Waals surface area contributed by atoms with E-state index in [0.29, 0.717) is 22.3 Å². The summed E-state index contributed by atoms with van der Waals surface area (Å²) in [5.41, 5.74) is 8.18. The molecule has 2 aromatic rings. The van der Waals surface area contributed by atoms with Crippen LogP contribution < -0.4 is 10.5 Å². The highest BCUT2D eigenvalue weighted by molar-refractivity contribution is 7.12. The fourth-order valence-corrected chi connectivity index (χ4v) is 1.74. The summed E-state index contributed by atoms with van der Waals surface area (Å²) in [6.45, 7) is 0. The predicted molar refractivity (Wildman–Crippen MR) is 53.1 cm³/mol. The van der Waals surface area contributed by atoms with E-state index in [9.17, 15) is 0 Å². The molecule has 2 heterocycles. The molecule has 74 valence electrons. The van der Waals surface area contributed by atoms with Crippen LogP contribution in [0.4, 0.5) is 5.82 Å². The van der Waals surface area contributed by atoms with E-state index in [1.165, 1.54) is 11.3 Å². The molecule has 0 aromatic carbocycles. The Kier molecular flexibility index (Phi) is 2.08. The normalized spacial score (nSPS) is 10.4. The Bertz CT molecular complexity index is 435. The van der Waals surface area contributed by atoms with E-state index in [-0.39, 0.29) is 0 Å². The lowest BCUT2D eigenvalue weighted by molar-refractivity contribution is 0.393. The Morgan fingerprint density at radius 2 is 2.36 bits per heavy atom. The first-order valence-electron chi connectivity index (χ1n) is 3.87. The molecule has 7 heteroatoms. The molecule has 0 radical (unpaired) electrons. The zero-order chi connectivity index (χ0) is 10.1. The van der Waals surface area contributed by atoms with Gasteiger partial charge < -0.3 is 10.5 Å². The molecule has 6 nitrogen and oxygen atoms in total. The maximum Gasteiger partial charge on any atom is 0.245 e. The van der Waals surface area contributed by atoms with Crippen LogP contribution in [0.3, 0.4) is 0 Å². The highest BCUT2D eigenvalue weighted by atomic mass is 32.1. The fraction of sp³-hybridized carbons (Fsp3) is 0.286. The van der Waals surface area contributed by atoms with Crippen molar-refractivity contribution in [1.82, 2.24) is 20.0 Å². The van der Waals surface area contributed by atoms with Gasteiger partial charge in [0, 0.05) is 7.05 Å². The molecule has 0 aliphatic rings. The number of nitrogen functional groups attached to an aromatic ring is 1. The van der Waals surface area contributed by atoms with Crippen molar-refractivity contribution in [2.45, 2.75) is 0 Å². The first-order valence-corrected chi connectivity index (χ1v) is 4.75. The Morgan fingerprint density at radius 3 is 2.93 bits per heavy atom. The number of hydrogen-bond acceptors (Lipinski definition) is 6. The lowest BCUT2D eigenvalue weighted by atomic mass is 10.3. The van der Waals surface area contributed by atoms with Gasteiger partial charge >= 0.3 is 0 Å². The van der Waals surface area contributed by atoms with Gasteiger partial charge in [0.1, 0.15) is 16.9 Å². The smallest absolute Gasteiger partial charge is 0.245 e. The van der Waals surface area contributed by atoms with Crippen molar-refractivity contribution in [2.75, 3.05) is 12.8 Å². The average molecular weight is 211 g/mol. The van der Waals surface area contributed by atoms with Crippen LogP contribution in [0.1, 0.15) is 0 Å². The molecule has 0 amide bonds. The Balaban J connectivity index is 2.61. The molecule has 0 aliphatic heterocycles. The molecule has 0 atom stereocenters. The van der Waals surface area contributed by atoms with Crippen LogP contribution in [0.15, 0.2) is 5.51 Å². The molecular weight excluding hydrogens is 202 g/mol. The number of nitrogens with zero attached hydrogens (tertiary/aromatic N) is 4. The van der Waals surface area contributed by atoms with Crippen LogP contribution in [-0.4, -0.2) is 27.1 Å². The van der Waals surface area contributed by atoms with Crippen LogP contribution in [0.5, 0.6) is 5.88 Å². The number of aryl methyl sites for hydroxylation is 1. The van der Waals surface area contributed by atoms with Gasteiger partial charge in [-0.05, 0) is 0 Å². The number of methoxy groups -OCH3 is 1. The molecule has 0 saturated heterocycles. The first kappa shape index (κ1) is 8.95. The van der Waals surface area contributed by atoms with Crippen molar-refractivity contribution in [1.29, 1.82) is 0 Å². The van der Waals surface area contributed by atoms with E-state index >= 15 is 0 Å². The molecule has 0 saturated carbocycles. The summed E-state index contributed by atoms with van der Waals surface area (Å²) in [6, 6.07) is 0. The summed E-state index contributed by atoms with van der Waals surface area (Å²) >= 11 is 1.40. The minimum absolute atomic E-state index is 0.474. The molecule has 0 aliphatic carbocycles. The third-order valence-electron chi connectivity index (χ3n) is 1.83. The minimum atomic E-state index is 0.474. The van der Waals surface area contributed by atoms with E-state index in [1.807, 2.05) is 0 Å². The number of anilines is 1. The van der Waals surface area contributed by atoms with Gasteiger partial charge in [-0.15, -0.1) is 15.3 Å². The van der Waals surface area contributed by atoms with Gasteiger partial charge in [-0.25, -0.2) is 4.68 Å². The van der Waals surface area contributed by atoms with E-state index in [1.54, 1.807) is 24.3 Å². The molecule has 0 bridgehead atoms. The highest BCUT2D eigenvalue weighted by Gasteiger charge is 2.18. The molecule has 0 unspecified atom stereocenters. The van der Waals surface area contributed by atoms with Crippen molar-refractivity contribution in [3.63, 3.8) is 0 Å². The lowest BCUT2D eigenvalue weighted by Crippen LogP contribution is -1.97. The number of ether oxygens (including phenoxy) is 1. The second kappa shape index (κ2) is 3.26. The van der Waals surface area contributed by atoms with Gasteiger partial charge in [-0.1, -0.05) is 11.3 Å². The molecule has 2 aromatic heterocycles. The van der Waals surface area contributed by atoms with E-state index in [4.69, 9.17) is 10.5 Å². The topological polar surface area (TPSA) is 78.9 Å². The third kappa shape index (κ3) is 1.22. The van der Waals surface area contributed by atoms with Crippen LogP contribution in [0.2, 0.25) is 0 Å². The Labute approximate surface area is 84.3 Å². The quantitative estimate of drug-likeness (QED) is 0.783. The minimum Gasteiger partial charge on any atom is -0.479 e. The maximum absolute atomic E-state index is 5.83. The van der Waals surface area contributed by atoms with Crippen LogP contribution in [0.25, 0.3) is 10.6 Å². The van der Waals surface area contributed by atoms with Crippen molar-refractivity contribution >= 4 is 17.2 Å². The first-order chi connectivity index (χ1) is 6.74. The SMILES string of the molecule is COc1nn(C)c(N)c1-c1nncs1. The summed E-state index contributed by atoms with van der Waals surface area (Å²) in [7, 11) is 3.30. The van der Waals surface area contributed by atoms with Crippen LogP contribution >= 0.6 is 11.3 Å². The molecule has 14 heavy (non-hydrogen) atoms. The van der Waals surface area contributed by atoms with Crippen molar-refractivity contribution < 1.29 is 4.74 Å². The molecule has 0 spiro atoms. The lowest BCUT2D eigenvalue weighted by Gasteiger charge is -1.96.